The Labute approximate surface area is 357 Å². The molecule has 0 bridgehead atoms. The highest BCUT2D eigenvalue weighted by Gasteiger charge is 2.12. The van der Waals surface area contributed by atoms with E-state index in [1.54, 1.807) is 0 Å². The van der Waals surface area contributed by atoms with Gasteiger partial charge in [-0.2, -0.15) is 0 Å². The predicted octanol–water partition coefficient (Wildman–Crippen LogP) is 18.4. The van der Waals surface area contributed by atoms with Crippen molar-refractivity contribution in [2.45, 2.75) is 86.5 Å². The van der Waals surface area contributed by atoms with Crippen LogP contribution in [0.25, 0.3) is 60.1 Å². The largest absolute Gasteiger partial charge is 0.106 e. The average molecular weight is 775 g/mol. The van der Waals surface area contributed by atoms with E-state index in [4.69, 9.17) is 0 Å². The van der Waals surface area contributed by atoms with E-state index in [1.165, 1.54) is 96.1 Å². The van der Waals surface area contributed by atoms with Gasteiger partial charge in [-0.3, -0.25) is 0 Å². The number of allylic oxidation sites excluding steroid dienone is 7. The Hall–Kier alpha value is -5.98. The summed E-state index contributed by atoms with van der Waals surface area (Å²) in [6.45, 7) is 23.0. The summed E-state index contributed by atoms with van der Waals surface area (Å²) in [6, 6.07) is 52.7. The monoisotopic (exact) mass is 775 g/mol. The molecule has 0 aliphatic heterocycles. The van der Waals surface area contributed by atoms with Gasteiger partial charge in [-0.05, 0) is 121 Å². The van der Waals surface area contributed by atoms with Gasteiger partial charge in [-0.25, -0.2) is 0 Å². The first-order valence-electron chi connectivity index (χ1n) is 21.9. The van der Waals surface area contributed by atoms with Crippen LogP contribution in [0.3, 0.4) is 0 Å². The van der Waals surface area contributed by atoms with E-state index < -0.39 is 0 Å². The van der Waals surface area contributed by atoms with Crippen LogP contribution in [0.4, 0.5) is 0 Å². The molecule has 0 unspecified atom stereocenters. The van der Waals surface area contributed by atoms with Gasteiger partial charge in [0.2, 0.25) is 0 Å². The number of aryl methyl sites for hydroxylation is 1. The van der Waals surface area contributed by atoms with Crippen molar-refractivity contribution in [1.82, 2.24) is 0 Å². The van der Waals surface area contributed by atoms with Crippen molar-refractivity contribution in [2.75, 3.05) is 0 Å². The van der Waals surface area contributed by atoms with Gasteiger partial charge >= 0.3 is 0 Å². The van der Waals surface area contributed by atoms with Crippen LogP contribution in [0.15, 0.2) is 201 Å². The SMILES string of the molecule is C=C.C=C(/C=C(\CCCC)C1=CC=CCC1)c1ccccc1.CC.CCC.CCc1cccc(-c2ccccc2-c2ccc3c4ccccc4c4ccccc4c3c2)c1. The topological polar surface area (TPSA) is 0 Å². The molecule has 0 aromatic heterocycles. The molecule has 7 aromatic carbocycles. The first-order chi connectivity index (χ1) is 29.1. The second-order valence-corrected chi connectivity index (χ2v) is 14.5. The van der Waals surface area contributed by atoms with Crippen LogP contribution >= 0.6 is 0 Å². The molecule has 0 amide bonds. The maximum Gasteiger partial charge on any atom is -0.00928 e. The van der Waals surface area contributed by atoms with Crippen molar-refractivity contribution in [1.29, 1.82) is 0 Å². The Balaban J connectivity index is 0.000000245. The summed E-state index contributed by atoms with van der Waals surface area (Å²) in [5, 5.41) is 7.89. The fourth-order valence-electron chi connectivity index (χ4n) is 7.53. The van der Waals surface area contributed by atoms with Crippen LogP contribution in [-0.2, 0) is 6.42 Å². The van der Waals surface area contributed by atoms with Gasteiger partial charge in [0, 0.05) is 0 Å². The fraction of sp³-hybridized carbons (Fsp3) is 0.220. The summed E-state index contributed by atoms with van der Waals surface area (Å²) in [5.74, 6) is 0. The minimum absolute atomic E-state index is 1.05. The third kappa shape index (κ3) is 12.0. The number of rotatable bonds is 9. The molecule has 0 atom stereocenters. The van der Waals surface area contributed by atoms with Crippen molar-refractivity contribution in [3.63, 3.8) is 0 Å². The lowest BCUT2D eigenvalue weighted by molar-refractivity contribution is 0.780. The van der Waals surface area contributed by atoms with Gasteiger partial charge < -0.3 is 0 Å². The van der Waals surface area contributed by atoms with Crippen molar-refractivity contribution in [3.05, 3.63) is 212 Å². The Kier molecular flexibility index (Phi) is 19.2. The van der Waals surface area contributed by atoms with Crippen LogP contribution in [0.5, 0.6) is 0 Å². The molecule has 0 radical (unpaired) electrons. The average Bonchev–Trinajstić information content (AvgIpc) is 3.32. The van der Waals surface area contributed by atoms with Crippen molar-refractivity contribution in [3.8, 4) is 22.3 Å². The minimum atomic E-state index is 1.05. The third-order valence-electron chi connectivity index (χ3n) is 10.3. The van der Waals surface area contributed by atoms with Crippen molar-refractivity contribution in [2.24, 2.45) is 0 Å². The Morgan fingerprint density at radius 3 is 1.64 bits per heavy atom. The number of hydrogen-bond donors (Lipinski definition) is 0. The smallest absolute Gasteiger partial charge is 0.00928 e. The number of fused-ring (bicyclic) bond motifs is 6. The normalized spacial score (nSPS) is 11.8. The molecule has 59 heavy (non-hydrogen) atoms. The molecule has 8 rings (SSSR count). The van der Waals surface area contributed by atoms with Crippen LogP contribution < -0.4 is 0 Å². The Morgan fingerprint density at radius 1 is 0.576 bits per heavy atom. The lowest BCUT2D eigenvalue weighted by Gasteiger charge is -2.14. The number of unbranched alkanes of at least 4 members (excludes halogenated alkanes) is 1. The van der Waals surface area contributed by atoms with Gasteiger partial charge in [-0.1, -0.05) is 225 Å². The predicted molar refractivity (Wildman–Crippen MR) is 267 cm³/mol. The van der Waals surface area contributed by atoms with E-state index in [2.05, 4.69) is 211 Å². The summed E-state index contributed by atoms with van der Waals surface area (Å²) in [6.07, 6.45) is 17.2. The van der Waals surface area contributed by atoms with E-state index in [9.17, 15) is 0 Å². The maximum atomic E-state index is 4.25. The summed E-state index contributed by atoms with van der Waals surface area (Å²) in [4.78, 5) is 0. The quantitative estimate of drug-likeness (QED) is 0.0778. The molecule has 302 valence electrons. The zero-order chi connectivity index (χ0) is 42.4. The first-order valence-corrected chi connectivity index (χ1v) is 21.9. The second-order valence-electron chi connectivity index (χ2n) is 14.5. The molecule has 0 fully saturated rings. The van der Waals surface area contributed by atoms with Crippen LogP contribution in [0, 0.1) is 0 Å². The zero-order valence-electron chi connectivity index (χ0n) is 36.7. The van der Waals surface area contributed by atoms with Crippen molar-refractivity contribution < 1.29 is 0 Å². The van der Waals surface area contributed by atoms with Gasteiger partial charge in [0.1, 0.15) is 0 Å². The van der Waals surface area contributed by atoms with E-state index in [0.29, 0.717) is 0 Å². The second kappa shape index (κ2) is 24.7. The number of hydrogen-bond acceptors (Lipinski definition) is 0. The molecule has 0 heterocycles. The van der Waals surface area contributed by atoms with E-state index in [0.717, 1.165) is 31.3 Å². The molecular weight excluding hydrogens is 709 g/mol. The lowest BCUT2D eigenvalue weighted by Crippen LogP contribution is -1.94. The summed E-state index contributed by atoms with van der Waals surface area (Å²) >= 11 is 0. The molecule has 1 aliphatic carbocycles. The molecule has 1 aliphatic rings. The van der Waals surface area contributed by atoms with Crippen LogP contribution in [-0.4, -0.2) is 0 Å². The third-order valence-corrected chi connectivity index (χ3v) is 10.3. The first kappa shape index (κ1) is 45.7. The lowest BCUT2D eigenvalue weighted by atomic mass is 9.89. The Morgan fingerprint density at radius 2 is 1.10 bits per heavy atom. The summed E-state index contributed by atoms with van der Waals surface area (Å²) in [7, 11) is 0. The fourth-order valence-corrected chi connectivity index (χ4v) is 7.53. The van der Waals surface area contributed by atoms with Crippen LogP contribution in [0.1, 0.15) is 91.2 Å². The van der Waals surface area contributed by atoms with Gasteiger partial charge in [0.15, 0.2) is 0 Å². The standard InChI is InChI=1S/C32H24.C20H24.C3H8.C2H6.C2H4/c1-2-22-10-9-11-23(20-22)25-12-3-4-13-26(25)24-18-19-31-29-16-6-5-14-27(29)28-15-7-8-17-30(28)32(31)21-24;1-3-4-11-20(19-14-9-6-10-15-19)16-17(2)18-12-7-5-8-13-18;1-3-2;2*1-2/h3-21H,2H2,1H3;5-9,12-14,16H,2-4,10-11,15H2,1H3;3H2,1-2H3;1-2H3;1-2H2/b;20-16+;;;. The highest BCUT2D eigenvalue weighted by Crippen LogP contribution is 2.39. The molecule has 0 spiro atoms. The zero-order valence-corrected chi connectivity index (χ0v) is 36.7. The Bertz CT molecular complexity index is 2430. The summed E-state index contributed by atoms with van der Waals surface area (Å²) in [5.41, 5.74) is 11.8. The summed E-state index contributed by atoms with van der Waals surface area (Å²) < 4.78 is 0. The minimum Gasteiger partial charge on any atom is -0.106 e. The van der Waals surface area contributed by atoms with Crippen LogP contribution in [0.2, 0.25) is 0 Å². The molecular formula is C59H66. The molecule has 0 heteroatoms. The van der Waals surface area contributed by atoms with E-state index in [-0.39, 0.29) is 0 Å². The molecule has 0 N–H and O–H groups in total. The highest BCUT2D eigenvalue weighted by molar-refractivity contribution is 6.25. The molecule has 0 saturated heterocycles. The van der Waals surface area contributed by atoms with Gasteiger partial charge in [0.25, 0.3) is 0 Å². The maximum absolute atomic E-state index is 4.25. The number of benzene rings is 7. The van der Waals surface area contributed by atoms with Gasteiger partial charge in [-0.15, -0.1) is 13.2 Å². The van der Waals surface area contributed by atoms with E-state index in [1.807, 2.05) is 19.9 Å². The van der Waals surface area contributed by atoms with Gasteiger partial charge in [0.05, 0.1) is 0 Å². The van der Waals surface area contributed by atoms with Crippen molar-refractivity contribution >= 4 is 37.9 Å². The molecule has 0 nitrogen and oxygen atoms in total. The molecule has 7 aromatic rings. The van der Waals surface area contributed by atoms with E-state index >= 15 is 0 Å². The molecule has 0 saturated carbocycles. The highest BCUT2D eigenvalue weighted by atomic mass is 14.2.